The molecule has 104 valence electrons. The van der Waals surface area contributed by atoms with Gasteiger partial charge in [-0.25, -0.2) is 0 Å². The number of ether oxygens (including phenoxy) is 1. The first-order valence-electron chi connectivity index (χ1n) is 5.75. The average Bonchev–Trinajstić information content (AvgIpc) is 2.34. The molecule has 0 spiro atoms. The highest BCUT2D eigenvalue weighted by molar-refractivity contribution is 5.76. The van der Waals surface area contributed by atoms with Crippen LogP contribution in [0.1, 0.15) is 18.1 Å². The van der Waals surface area contributed by atoms with Crippen molar-refractivity contribution >= 4 is 11.7 Å². The quantitative estimate of drug-likeness (QED) is 0.468. The van der Waals surface area contributed by atoms with Crippen LogP contribution in [0, 0.1) is 17.0 Å². The molecule has 19 heavy (non-hydrogen) atoms. The Labute approximate surface area is 110 Å². The van der Waals surface area contributed by atoms with Crippen molar-refractivity contribution in [3.8, 4) is 5.75 Å². The van der Waals surface area contributed by atoms with E-state index in [1.165, 1.54) is 12.1 Å². The Balaban J connectivity index is 3.00. The first-order chi connectivity index (χ1) is 8.86. The first kappa shape index (κ1) is 14.9. The average molecular weight is 268 g/mol. The van der Waals surface area contributed by atoms with Crippen LogP contribution in [0.5, 0.6) is 5.75 Å². The maximum atomic E-state index is 11.4. The van der Waals surface area contributed by atoms with E-state index in [1.54, 1.807) is 13.8 Å². The molecule has 1 rings (SSSR count). The van der Waals surface area contributed by atoms with E-state index >= 15 is 0 Å². The van der Waals surface area contributed by atoms with Gasteiger partial charge in [0.1, 0.15) is 11.8 Å². The molecule has 0 bridgehead atoms. The number of non-ortho nitro benzene ring substituents is 1. The minimum Gasteiger partial charge on any atom is -0.507 e. The van der Waals surface area contributed by atoms with E-state index in [4.69, 9.17) is 10.5 Å². The lowest BCUT2D eigenvalue weighted by atomic mass is 10.0. The first-order valence-corrected chi connectivity index (χ1v) is 5.75. The van der Waals surface area contributed by atoms with Gasteiger partial charge in [-0.3, -0.25) is 14.9 Å². The number of rotatable bonds is 5. The monoisotopic (exact) mass is 268 g/mol. The lowest BCUT2D eigenvalue weighted by molar-refractivity contribution is -0.385. The van der Waals surface area contributed by atoms with Crippen LogP contribution < -0.4 is 5.73 Å². The summed E-state index contributed by atoms with van der Waals surface area (Å²) in [6.45, 7) is 3.40. The van der Waals surface area contributed by atoms with Crippen molar-refractivity contribution < 1.29 is 19.6 Å². The van der Waals surface area contributed by atoms with Crippen LogP contribution in [0.4, 0.5) is 5.69 Å². The number of nitrogens with two attached hydrogens (primary N) is 1. The number of aryl methyl sites for hydroxylation is 1. The van der Waals surface area contributed by atoms with Crippen LogP contribution >= 0.6 is 0 Å². The highest BCUT2D eigenvalue weighted by atomic mass is 16.6. The summed E-state index contributed by atoms with van der Waals surface area (Å²) in [5.41, 5.74) is 6.09. The maximum Gasteiger partial charge on any atom is 0.323 e. The fourth-order valence-corrected chi connectivity index (χ4v) is 1.66. The number of benzene rings is 1. The van der Waals surface area contributed by atoms with Gasteiger partial charge < -0.3 is 15.6 Å². The zero-order valence-corrected chi connectivity index (χ0v) is 10.8. The smallest absolute Gasteiger partial charge is 0.323 e. The number of nitrogens with zero attached hydrogens (tertiary/aromatic N) is 1. The Kier molecular flexibility index (Phi) is 4.82. The standard InChI is InChI=1S/C12H16N2O5/c1-3-19-12(16)10(13)6-8-5-9(14(17)18)4-7(2)11(8)15/h4-5,10,15H,3,6,13H2,1-2H3. The molecule has 0 saturated heterocycles. The number of carbonyl (C=O) groups excluding carboxylic acids is 1. The number of nitro groups is 1. The molecule has 3 N–H and O–H groups in total. The van der Waals surface area contributed by atoms with Gasteiger partial charge in [-0.2, -0.15) is 0 Å². The van der Waals surface area contributed by atoms with Gasteiger partial charge in [-0.15, -0.1) is 0 Å². The van der Waals surface area contributed by atoms with Gasteiger partial charge in [0, 0.05) is 24.1 Å². The van der Waals surface area contributed by atoms with Crippen LogP contribution in [-0.4, -0.2) is 28.6 Å². The minimum atomic E-state index is -0.966. The molecule has 0 radical (unpaired) electrons. The third kappa shape index (κ3) is 3.65. The summed E-state index contributed by atoms with van der Waals surface area (Å²) in [4.78, 5) is 21.6. The molecule has 0 aliphatic carbocycles. The van der Waals surface area contributed by atoms with Gasteiger partial charge in [0.25, 0.3) is 5.69 Å². The van der Waals surface area contributed by atoms with Crippen LogP contribution in [0.2, 0.25) is 0 Å². The molecular weight excluding hydrogens is 252 g/mol. The molecule has 0 fully saturated rings. The van der Waals surface area contributed by atoms with E-state index in [2.05, 4.69) is 0 Å². The number of aromatic hydroxyl groups is 1. The van der Waals surface area contributed by atoms with Crippen LogP contribution in [0.15, 0.2) is 12.1 Å². The van der Waals surface area contributed by atoms with Gasteiger partial charge in [0.2, 0.25) is 0 Å². The largest absolute Gasteiger partial charge is 0.507 e. The zero-order valence-electron chi connectivity index (χ0n) is 10.8. The van der Waals surface area contributed by atoms with Crippen molar-refractivity contribution in [3.63, 3.8) is 0 Å². The number of hydrogen-bond acceptors (Lipinski definition) is 6. The topological polar surface area (TPSA) is 116 Å². The summed E-state index contributed by atoms with van der Waals surface area (Å²) in [6.07, 6.45) is -0.0206. The Morgan fingerprint density at radius 2 is 2.21 bits per heavy atom. The highest BCUT2D eigenvalue weighted by Gasteiger charge is 2.20. The third-order valence-electron chi connectivity index (χ3n) is 2.60. The number of esters is 1. The molecule has 7 heteroatoms. The van der Waals surface area contributed by atoms with Crippen molar-refractivity contribution in [2.75, 3.05) is 6.61 Å². The molecule has 1 aromatic rings. The zero-order chi connectivity index (χ0) is 14.6. The molecule has 1 unspecified atom stereocenters. The number of carbonyl (C=O) groups is 1. The SMILES string of the molecule is CCOC(=O)C(N)Cc1cc([N+](=O)[O-])cc(C)c1O. The van der Waals surface area contributed by atoms with Crippen LogP contribution in [0.3, 0.4) is 0 Å². The second-order valence-electron chi connectivity index (χ2n) is 4.09. The van der Waals surface area contributed by atoms with E-state index in [-0.39, 0.29) is 30.0 Å². The van der Waals surface area contributed by atoms with Crippen molar-refractivity contribution in [1.29, 1.82) is 0 Å². The van der Waals surface area contributed by atoms with E-state index < -0.39 is 16.9 Å². The summed E-state index contributed by atoms with van der Waals surface area (Å²) in [7, 11) is 0. The molecule has 0 saturated carbocycles. The molecule has 0 aliphatic heterocycles. The second-order valence-corrected chi connectivity index (χ2v) is 4.09. The molecule has 0 aromatic heterocycles. The third-order valence-corrected chi connectivity index (χ3v) is 2.60. The summed E-state index contributed by atoms with van der Waals surface area (Å²) in [6, 6.07) is 1.50. The molecule has 0 heterocycles. The Bertz CT molecular complexity index is 501. The number of phenols is 1. The maximum absolute atomic E-state index is 11.4. The van der Waals surface area contributed by atoms with Gasteiger partial charge >= 0.3 is 5.97 Å². The van der Waals surface area contributed by atoms with Gasteiger partial charge in [0.15, 0.2) is 0 Å². The number of phenolic OH excluding ortho intramolecular Hbond substituents is 1. The second kappa shape index (κ2) is 6.14. The lowest BCUT2D eigenvalue weighted by Crippen LogP contribution is -2.34. The van der Waals surface area contributed by atoms with Crippen LogP contribution in [0.25, 0.3) is 0 Å². The van der Waals surface area contributed by atoms with Gasteiger partial charge in [-0.1, -0.05) is 0 Å². The molecule has 7 nitrogen and oxygen atoms in total. The van der Waals surface area contributed by atoms with E-state index in [9.17, 15) is 20.0 Å². The normalized spacial score (nSPS) is 11.9. The molecule has 1 atom stereocenters. The van der Waals surface area contributed by atoms with E-state index in [0.29, 0.717) is 5.56 Å². The summed E-state index contributed by atoms with van der Waals surface area (Å²) >= 11 is 0. The summed E-state index contributed by atoms with van der Waals surface area (Å²) in [5, 5.41) is 20.6. The highest BCUT2D eigenvalue weighted by Crippen LogP contribution is 2.28. The molecule has 0 amide bonds. The number of nitro benzene ring substituents is 1. The van der Waals surface area contributed by atoms with Crippen molar-refractivity contribution in [2.24, 2.45) is 5.73 Å². The Morgan fingerprint density at radius 3 is 2.74 bits per heavy atom. The number of hydrogen-bond donors (Lipinski definition) is 2. The summed E-state index contributed by atoms with van der Waals surface area (Å²) < 4.78 is 4.74. The minimum absolute atomic E-state index is 0.0206. The predicted octanol–water partition coefficient (Wildman–Crippen LogP) is 1.04. The van der Waals surface area contributed by atoms with E-state index in [0.717, 1.165) is 0 Å². The molecule has 1 aromatic carbocycles. The van der Waals surface area contributed by atoms with E-state index in [1.807, 2.05) is 0 Å². The lowest BCUT2D eigenvalue weighted by Gasteiger charge is -2.12. The fraction of sp³-hybridized carbons (Fsp3) is 0.417. The fourth-order valence-electron chi connectivity index (χ4n) is 1.66. The van der Waals surface area contributed by atoms with Crippen LogP contribution in [-0.2, 0) is 16.0 Å². The van der Waals surface area contributed by atoms with Crippen molar-refractivity contribution in [1.82, 2.24) is 0 Å². The molecular formula is C12H16N2O5. The van der Waals surface area contributed by atoms with Crippen molar-refractivity contribution in [2.45, 2.75) is 26.3 Å². The summed E-state index contributed by atoms with van der Waals surface area (Å²) in [5.74, 6) is -0.698. The molecule has 0 aliphatic rings. The predicted molar refractivity (Wildman–Crippen MR) is 67.8 cm³/mol. The van der Waals surface area contributed by atoms with Crippen molar-refractivity contribution in [3.05, 3.63) is 33.4 Å². The Morgan fingerprint density at radius 1 is 1.58 bits per heavy atom. The van der Waals surface area contributed by atoms with Gasteiger partial charge in [0.05, 0.1) is 11.5 Å². The van der Waals surface area contributed by atoms with Gasteiger partial charge in [-0.05, 0) is 19.4 Å². The Hall–Kier alpha value is -2.15.